The van der Waals surface area contributed by atoms with Gasteiger partial charge in [0.25, 0.3) is 0 Å². The zero-order valence-corrected chi connectivity index (χ0v) is 14.7. The first-order chi connectivity index (χ1) is 11.9. The maximum Gasteiger partial charge on any atom is 0.184 e. The summed E-state index contributed by atoms with van der Waals surface area (Å²) in [6.07, 6.45) is 11.4. The minimum atomic E-state index is -0.412. The van der Waals surface area contributed by atoms with Crippen molar-refractivity contribution < 1.29 is 19.4 Å². The van der Waals surface area contributed by atoms with Gasteiger partial charge in [0.05, 0.1) is 6.10 Å². The quantitative estimate of drug-likeness (QED) is 0.785. The molecule has 5 aliphatic rings. The Balaban J connectivity index is 1.56. The molecule has 1 spiro atoms. The Morgan fingerprint density at radius 1 is 1.36 bits per heavy atom. The van der Waals surface area contributed by atoms with Gasteiger partial charge in [0.2, 0.25) is 0 Å². The molecule has 5 rings (SSSR count). The van der Waals surface area contributed by atoms with Crippen molar-refractivity contribution in [2.24, 2.45) is 22.7 Å². The topological polar surface area (TPSA) is 66.9 Å². The van der Waals surface area contributed by atoms with Gasteiger partial charge in [-0.15, -0.1) is 0 Å². The summed E-state index contributed by atoms with van der Waals surface area (Å²) in [4.78, 5) is 24.1. The molecule has 1 aliphatic heterocycles. The largest absolute Gasteiger partial charge is 0.388 e. The molecule has 3 fully saturated rings. The van der Waals surface area contributed by atoms with E-state index in [1.54, 1.807) is 6.08 Å². The molecule has 0 bridgehead atoms. The lowest BCUT2D eigenvalue weighted by Gasteiger charge is -2.54. The van der Waals surface area contributed by atoms with Gasteiger partial charge in [-0.2, -0.15) is 0 Å². The van der Waals surface area contributed by atoms with Gasteiger partial charge >= 0.3 is 0 Å². The molecule has 0 aromatic heterocycles. The van der Waals surface area contributed by atoms with Gasteiger partial charge in [0.1, 0.15) is 12.2 Å². The van der Waals surface area contributed by atoms with Crippen molar-refractivity contribution in [3.8, 4) is 0 Å². The second-order valence-corrected chi connectivity index (χ2v) is 8.82. The predicted molar refractivity (Wildman–Crippen MR) is 91.7 cm³/mol. The third kappa shape index (κ3) is 1.65. The normalized spacial score (nSPS) is 49.4. The molecule has 0 radical (unpaired) electrons. The van der Waals surface area contributed by atoms with Crippen molar-refractivity contribution >= 4 is 11.6 Å². The van der Waals surface area contributed by atoms with Crippen LogP contribution in [-0.2, 0) is 14.3 Å². The highest BCUT2D eigenvalue weighted by atomic mass is 16.6. The van der Waals surface area contributed by atoms with Crippen LogP contribution in [0.2, 0.25) is 0 Å². The van der Waals surface area contributed by atoms with E-state index >= 15 is 0 Å². The fourth-order valence-corrected chi connectivity index (χ4v) is 6.74. The van der Waals surface area contributed by atoms with Crippen LogP contribution in [0.15, 0.2) is 35.5 Å². The van der Waals surface area contributed by atoms with Crippen LogP contribution in [-0.4, -0.2) is 35.0 Å². The molecule has 4 aliphatic carbocycles. The van der Waals surface area contributed by atoms with Crippen molar-refractivity contribution in [2.75, 3.05) is 6.61 Å². The third-order valence-electron chi connectivity index (χ3n) is 7.96. The average Bonchev–Trinajstić information content (AvgIpc) is 3.20. The molecular formula is C21H24O4. The number of rotatable bonds is 2. The number of hydrogen-bond acceptors (Lipinski definition) is 4. The van der Waals surface area contributed by atoms with Crippen molar-refractivity contribution in [2.45, 2.75) is 51.2 Å². The van der Waals surface area contributed by atoms with E-state index in [1.165, 1.54) is 5.57 Å². The summed E-state index contributed by atoms with van der Waals surface area (Å²) in [6, 6.07) is 0. The van der Waals surface area contributed by atoms with Crippen molar-refractivity contribution in [3.63, 3.8) is 0 Å². The second-order valence-electron chi connectivity index (χ2n) is 8.82. The van der Waals surface area contributed by atoms with Crippen LogP contribution >= 0.6 is 0 Å². The fourth-order valence-electron chi connectivity index (χ4n) is 6.74. The zero-order chi connectivity index (χ0) is 17.6. The van der Waals surface area contributed by atoms with E-state index in [2.05, 4.69) is 26.0 Å². The van der Waals surface area contributed by atoms with E-state index in [4.69, 9.17) is 4.74 Å². The Hall–Kier alpha value is -1.52. The molecule has 1 heterocycles. The lowest BCUT2D eigenvalue weighted by molar-refractivity contribution is -0.120. The minimum absolute atomic E-state index is 0.0820. The highest BCUT2D eigenvalue weighted by Gasteiger charge is 2.78. The molecule has 4 nitrogen and oxygen atoms in total. The summed E-state index contributed by atoms with van der Waals surface area (Å²) in [5, 5.41) is 9.36. The molecular weight excluding hydrogens is 316 g/mol. The summed E-state index contributed by atoms with van der Waals surface area (Å²) in [5.41, 5.74) is 1.40. The number of fused-ring (bicyclic) bond motifs is 3. The van der Waals surface area contributed by atoms with Gasteiger partial charge < -0.3 is 9.84 Å². The predicted octanol–water partition coefficient (Wildman–Crippen LogP) is 2.52. The first-order valence-corrected chi connectivity index (χ1v) is 9.33. The number of ether oxygens (including phenoxy) is 1. The molecule has 2 saturated carbocycles. The lowest BCUT2D eigenvalue weighted by atomic mass is 9.47. The fraction of sp³-hybridized carbons (Fsp3) is 0.619. The molecule has 4 heteroatoms. The van der Waals surface area contributed by atoms with Crippen molar-refractivity contribution in [3.05, 3.63) is 35.5 Å². The average molecular weight is 340 g/mol. The molecule has 25 heavy (non-hydrogen) atoms. The van der Waals surface area contributed by atoms with Crippen LogP contribution in [0.5, 0.6) is 0 Å². The van der Waals surface area contributed by atoms with Gasteiger partial charge in [0.15, 0.2) is 11.6 Å². The number of allylic oxidation sites excluding steroid dienone is 3. The van der Waals surface area contributed by atoms with Gasteiger partial charge in [-0.1, -0.05) is 24.6 Å². The van der Waals surface area contributed by atoms with E-state index in [9.17, 15) is 14.7 Å². The Kier molecular flexibility index (Phi) is 2.89. The van der Waals surface area contributed by atoms with Crippen molar-refractivity contribution in [1.29, 1.82) is 0 Å². The van der Waals surface area contributed by atoms with Crippen LogP contribution < -0.4 is 0 Å². The molecule has 1 N–H and O–H groups in total. The Morgan fingerprint density at radius 2 is 2.16 bits per heavy atom. The minimum Gasteiger partial charge on any atom is -0.388 e. The van der Waals surface area contributed by atoms with Gasteiger partial charge in [-0.25, -0.2) is 0 Å². The highest BCUT2D eigenvalue weighted by molar-refractivity contribution is 6.01. The number of aliphatic hydroxyl groups is 1. The number of aliphatic hydroxyl groups excluding tert-OH is 1. The number of epoxide rings is 1. The lowest BCUT2D eigenvalue weighted by Crippen LogP contribution is -2.56. The molecule has 0 aromatic carbocycles. The van der Waals surface area contributed by atoms with Gasteiger partial charge in [-0.3, -0.25) is 9.59 Å². The van der Waals surface area contributed by atoms with Crippen LogP contribution in [0, 0.1) is 22.7 Å². The Bertz CT molecular complexity index is 790. The highest BCUT2D eigenvalue weighted by Crippen LogP contribution is 2.74. The zero-order valence-electron chi connectivity index (χ0n) is 14.7. The van der Waals surface area contributed by atoms with Crippen LogP contribution in [0.1, 0.15) is 39.5 Å². The summed E-state index contributed by atoms with van der Waals surface area (Å²) >= 11 is 0. The van der Waals surface area contributed by atoms with Crippen LogP contribution in [0.4, 0.5) is 0 Å². The van der Waals surface area contributed by atoms with Crippen molar-refractivity contribution in [1.82, 2.24) is 0 Å². The molecule has 1 unspecified atom stereocenters. The van der Waals surface area contributed by atoms with Crippen LogP contribution in [0.3, 0.4) is 0 Å². The summed E-state index contributed by atoms with van der Waals surface area (Å²) in [5.74, 6) is 0.708. The number of carbonyl (C=O) groups is 2. The second kappa shape index (κ2) is 4.60. The summed E-state index contributed by atoms with van der Waals surface area (Å²) < 4.78 is 6.44. The Morgan fingerprint density at radius 3 is 2.92 bits per heavy atom. The molecule has 0 aromatic rings. The van der Waals surface area contributed by atoms with E-state index in [1.807, 2.05) is 6.08 Å². The molecule has 0 amide bonds. The number of carbonyl (C=O) groups excluding carboxylic acids is 2. The Labute approximate surface area is 147 Å². The van der Waals surface area contributed by atoms with E-state index < -0.39 is 6.61 Å². The molecule has 6 atom stereocenters. The number of ketones is 2. The van der Waals surface area contributed by atoms with Gasteiger partial charge in [-0.05, 0) is 62.2 Å². The smallest absolute Gasteiger partial charge is 0.184 e. The summed E-state index contributed by atoms with van der Waals surface area (Å²) in [6.45, 7) is 3.99. The number of hydrogen-bond donors (Lipinski definition) is 1. The first-order valence-electron chi connectivity index (χ1n) is 9.33. The van der Waals surface area contributed by atoms with E-state index in [-0.39, 0.29) is 34.1 Å². The van der Waals surface area contributed by atoms with E-state index in [0.717, 1.165) is 31.3 Å². The standard InChI is InChI=1S/C21H24O4/c1-19-10-18-21(25-18)15(14(19)5-6-16(19)17(24)11-22)4-3-12-9-13(23)7-8-20(12,21)2/h6-9,14-15,18,22H,3-5,10-11H2,1-2H3/t14-,15?,18-,19-,20-,21+/m0/s1. The summed E-state index contributed by atoms with van der Waals surface area (Å²) in [7, 11) is 0. The monoisotopic (exact) mass is 340 g/mol. The maximum absolute atomic E-state index is 12.3. The van der Waals surface area contributed by atoms with Gasteiger partial charge in [0, 0.05) is 10.8 Å². The maximum atomic E-state index is 12.3. The molecule has 132 valence electrons. The molecule has 1 saturated heterocycles. The third-order valence-corrected chi connectivity index (χ3v) is 7.96. The van der Waals surface area contributed by atoms with Crippen LogP contribution in [0.25, 0.3) is 0 Å². The SMILES string of the molecule is C[C@]12C=CC(=O)C=C1CCC1[C@@H]3CC=C(C(=O)CO)[C@@]3(C)C[C@@H]3O[C@]132. The first kappa shape index (κ1) is 15.7. The van der Waals surface area contributed by atoms with E-state index in [0.29, 0.717) is 11.8 Å². The number of Topliss-reactive ketones (excluding diaryl/α,β-unsaturated/α-hetero) is 1.